The predicted molar refractivity (Wildman–Crippen MR) is 79.6 cm³/mol. The smallest absolute Gasteiger partial charge is 0.247 e. The highest BCUT2D eigenvalue weighted by molar-refractivity contribution is 5.80. The maximum atomic E-state index is 12.5. The Bertz CT molecular complexity index is 388. The van der Waals surface area contributed by atoms with Crippen LogP contribution in [0.1, 0.15) is 32.6 Å². The lowest BCUT2D eigenvalue weighted by atomic mass is 9.85. The van der Waals surface area contributed by atoms with Crippen LogP contribution in [0.15, 0.2) is 0 Å². The first-order valence-corrected chi connectivity index (χ1v) is 7.88. The van der Waals surface area contributed by atoms with Gasteiger partial charge >= 0.3 is 0 Å². The molecule has 1 aliphatic heterocycles. The molecule has 0 bridgehead atoms. The molecule has 1 heterocycles. The number of nitrogens with zero attached hydrogens (tertiary/aromatic N) is 2. The van der Waals surface area contributed by atoms with Crippen LogP contribution in [-0.4, -0.2) is 67.0 Å². The number of morpholine rings is 1. The van der Waals surface area contributed by atoms with Gasteiger partial charge in [-0.1, -0.05) is 19.8 Å². The third-order valence-electron chi connectivity index (χ3n) is 4.78. The summed E-state index contributed by atoms with van der Waals surface area (Å²) in [4.78, 5) is 27.5. The van der Waals surface area contributed by atoms with E-state index < -0.39 is 12.0 Å². The SMILES string of the molecule is CC1CCCCC1N(C)C(=O)CN1CCOC(C(N)=O)C1. The lowest BCUT2D eigenvalue weighted by Gasteiger charge is -2.38. The van der Waals surface area contributed by atoms with Crippen LogP contribution >= 0.6 is 0 Å². The second-order valence-electron chi connectivity index (χ2n) is 6.33. The zero-order valence-electron chi connectivity index (χ0n) is 13.1. The summed E-state index contributed by atoms with van der Waals surface area (Å²) in [5.74, 6) is 0.232. The minimum Gasteiger partial charge on any atom is -0.367 e. The topological polar surface area (TPSA) is 75.9 Å². The molecule has 2 aliphatic rings. The van der Waals surface area contributed by atoms with Crippen LogP contribution in [0.4, 0.5) is 0 Å². The summed E-state index contributed by atoms with van der Waals surface area (Å²) in [6, 6.07) is 0.347. The van der Waals surface area contributed by atoms with E-state index in [1.165, 1.54) is 19.3 Å². The van der Waals surface area contributed by atoms with Gasteiger partial charge in [0.15, 0.2) is 0 Å². The molecule has 21 heavy (non-hydrogen) atoms. The molecule has 2 amide bonds. The minimum atomic E-state index is -0.592. The maximum Gasteiger partial charge on any atom is 0.247 e. The Labute approximate surface area is 126 Å². The van der Waals surface area contributed by atoms with E-state index in [-0.39, 0.29) is 5.91 Å². The molecule has 2 N–H and O–H groups in total. The van der Waals surface area contributed by atoms with Gasteiger partial charge in [0.2, 0.25) is 11.8 Å². The van der Waals surface area contributed by atoms with Crippen molar-refractivity contribution in [1.82, 2.24) is 9.80 Å². The van der Waals surface area contributed by atoms with Crippen LogP contribution in [0.5, 0.6) is 0 Å². The van der Waals surface area contributed by atoms with Crippen molar-refractivity contribution in [2.24, 2.45) is 11.7 Å². The third-order valence-corrected chi connectivity index (χ3v) is 4.78. The van der Waals surface area contributed by atoms with Crippen molar-refractivity contribution in [2.75, 3.05) is 33.3 Å². The second kappa shape index (κ2) is 7.22. The Hall–Kier alpha value is -1.14. The average Bonchev–Trinajstić information content (AvgIpc) is 2.47. The Kier molecular flexibility index (Phi) is 5.58. The zero-order chi connectivity index (χ0) is 15.4. The van der Waals surface area contributed by atoms with E-state index in [2.05, 4.69) is 6.92 Å². The van der Waals surface area contributed by atoms with Gasteiger partial charge in [-0.2, -0.15) is 0 Å². The Morgan fingerprint density at radius 2 is 2.05 bits per heavy atom. The lowest BCUT2D eigenvalue weighted by molar-refractivity contribution is -0.142. The van der Waals surface area contributed by atoms with Crippen molar-refractivity contribution in [1.29, 1.82) is 0 Å². The van der Waals surface area contributed by atoms with Crippen LogP contribution in [0.3, 0.4) is 0 Å². The molecule has 120 valence electrons. The molecule has 3 atom stereocenters. The van der Waals surface area contributed by atoms with E-state index in [0.717, 1.165) is 6.42 Å². The summed E-state index contributed by atoms with van der Waals surface area (Å²) in [7, 11) is 1.90. The molecule has 3 unspecified atom stereocenters. The van der Waals surface area contributed by atoms with Gasteiger partial charge in [0.1, 0.15) is 6.10 Å². The maximum absolute atomic E-state index is 12.5. The van der Waals surface area contributed by atoms with Gasteiger partial charge in [-0.05, 0) is 18.8 Å². The number of rotatable bonds is 4. The lowest BCUT2D eigenvalue weighted by Crippen LogP contribution is -2.52. The fourth-order valence-corrected chi connectivity index (χ4v) is 3.38. The van der Waals surface area contributed by atoms with Crippen LogP contribution < -0.4 is 5.73 Å². The number of hydrogen-bond acceptors (Lipinski definition) is 4. The highest BCUT2D eigenvalue weighted by Crippen LogP contribution is 2.27. The molecule has 0 aromatic carbocycles. The summed E-state index contributed by atoms with van der Waals surface area (Å²) in [5, 5.41) is 0. The summed E-state index contributed by atoms with van der Waals surface area (Å²) in [5.41, 5.74) is 5.27. The number of carbonyl (C=O) groups excluding carboxylic acids is 2. The number of likely N-dealkylation sites (N-methyl/N-ethyl adjacent to an activating group) is 1. The Balaban J connectivity index is 1.86. The number of amides is 2. The standard InChI is InChI=1S/C15H27N3O3/c1-11-5-3-4-6-12(11)17(2)14(19)10-18-7-8-21-13(9-18)15(16)20/h11-13H,3-10H2,1-2H3,(H2,16,20). The van der Waals surface area contributed by atoms with Crippen LogP contribution in [0.2, 0.25) is 0 Å². The molecule has 0 aromatic heterocycles. The van der Waals surface area contributed by atoms with E-state index in [4.69, 9.17) is 10.5 Å². The number of primary amides is 1. The largest absolute Gasteiger partial charge is 0.367 e. The highest BCUT2D eigenvalue weighted by atomic mass is 16.5. The van der Waals surface area contributed by atoms with Crippen LogP contribution in [0.25, 0.3) is 0 Å². The summed E-state index contributed by atoms with van der Waals surface area (Å²) < 4.78 is 5.30. The first kappa shape index (κ1) is 16.2. The van der Waals surface area contributed by atoms with Crippen molar-refractivity contribution in [3.05, 3.63) is 0 Å². The normalized spacial score (nSPS) is 30.9. The number of ether oxygens (including phenoxy) is 1. The van der Waals surface area contributed by atoms with Crippen LogP contribution in [-0.2, 0) is 14.3 Å². The highest BCUT2D eigenvalue weighted by Gasteiger charge is 2.30. The molecule has 6 heteroatoms. The predicted octanol–water partition coefficient (Wildman–Crippen LogP) is 0.210. The molecule has 2 fully saturated rings. The van der Waals surface area contributed by atoms with Crippen molar-refractivity contribution >= 4 is 11.8 Å². The molecule has 0 aromatic rings. The number of carbonyl (C=O) groups is 2. The van der Waals surface area contributed by atoms with Crippen LogP contribution in [0, 0.1) is 5.92 Å². The molecule has 0 radical (unpaired) electrons. The fraction of sp³-hybridized carbons (Fsp3) is 0.867. The van der Waals surface area contributed by atoms with E-state index >= 15 is 0 Å². The molecule has 1 aliphatic carbocycles. The Morgan fingerprint density at radius 1 is 1.33 bits per heavy atom. The first-order chi connectivity index (χ1) is 9.99. The number of hydrogen-bond donors (Lipinski definition) is 1. The molecule has 6 nitrogen and oxygen atoms in total. The summed E-state index contributed by atoms with van der Waals surface area (Å²) in [6.07, 6.45) is 4.17. The first-order valence-electron chi connectivity index (χ1n) is 7.88. The summed E-state index contributed by atoms with van der Waals surface area (Å²) in [6.45, 7) is 4.10. The molecular formula is C15H27N3O3. The van der Waals surface area contributed by atoms with Crippen molar-refractivity contribution < 1.29 is 14.3 Å². The molecule has 1 saturated heterocycles. The van der Waals surface area contributed by atoms with Gasteiger partial charge in [-0.15, -0.1) is 0 Å². The van der Waals surface area contributed by atoms with Crippen molar-refractivity contribution in [2.45, 2.75) is 44.8 Å². The minimum absolute atomic E-state index is 0.124. The van der Waals surface area contributed by atoms with Gasteiger partial charge in [0.05, 0.1) is 13.2 Å². The van der Waals surface area contributed by atoms with E-state index in [0.29, 0.717) is 38.2 Å². The molecule has 1 saturated carbocycles. The van der Waals surface area contributed by atoms with Gasteiger partial charge in [-0.3, -0.25) is 14.5 Å². The van der Waals surface area contributed by atoms with Gasteiger partial charge in [-0.25, -0.2) is 0 Å². The van der Waals surface area contributed by atoms with Gasteiger partial charge in [0.25, 0.3) is 0 Å². The Morgan fingerprint density at radius 3 is 2.71 bits per heavy atom. The molecule has 0 spiro atoms. The third kappa shape index (κ3) is 4.17. The average molecular weight is 297 g/mol. The molecular weight excluding hydrogens is 270 g/mol. The zero-order valence-corrected chi connectivity index (χ0v) is 13.1. The van der Waals surface area contributed by atoms with Gasteiger partial charge < -0.3 is 15.4 Å². The second-order valence-corrected chi connectivity index (χ2v) is 6.33. The van der Waals surface area contributed by atoms with E-state index in [9.17, 15) is 9.59 Å². The van der Waals surface area contributed by atoms with Crippen molar-refractivity contribution in [3.8, 4) is 0 Å². The number of nitrogens with two attached hydrogens (primary N) is 1. The van der Waals surface area contributed by atoms with E-state index in [1.807, 2.05) is 16.8 Å². The van der Waals surface area contributed by atoms with Crippen molar-refractivity contribution in [3.63, 3.8) is 0 Å². The van der Waals surface area contributed by atoms with E-state index in [1.54, 1.807) is 0 Å². The molecule has 2 rings (SSSR count). The van der Waals surface area contributed by atoms with Gasteiger partial charge in [0, 0.05) is 26.2 Å². The fourth-order valence-electron chi connectivity index (χ4n) is 3.38. The quantitative estimate of drug-likeness (QED) is 0.805. The summed E-state index contributed by atoms with van der Waals surface area (Å²) >= 11 is 0. The monoisotopic (exact) mass is 297 g/mol.